The Balaban J connectivity index is 2.88. The minimum absolute atomic E-state index is 0.820. The fourth-order valence-electron chi connectivity index (χ4n) is 1.21. The maximum atomic E-state index is 5.69. The SMILES string of the molecule is Cc1sc2ccc(N)cc2c1Br. The van der Waals surface area contributed by atoms with Gasteiger partial charge in [0.1, 0.15) is 0 Å². The Morgan fingerprint density at radius 2 is 2.17 bits per heavy atom. The quantitative estimate of drug-likeness (QED) is 0.702. The highest BCUT2D eigenvalue weighted by molar-refractivity contribution is 9.10. The van der Waals surface area contributed by atoms with Crippen LogP contribution >= 0.6 is 27.3 Å². The molecule has 0 amide bonds. The molecule has 1 heterocycles. The van der Waals surface area contributed by atoms with E-state index in [0.29, 0.717) is 0 Å². The molecular formula is C9H8BrNS. The van der Waals surface area contributed by atoms with E-state index in [0.717, 1.165) is 5.69 Å². The number of aryl methyl sites for hydroxylation is 1. The van der Waals surface area contributed by atoms with E-state index in [4.69, 9.17) is 5.73 Å². The molecule has 0 atom stereocenters. The molecule has 0 aliphatic rings. The molecule has 1 aromatic carbocycles. The lowest BCUT2D eigenvalue weighted by atomic mass is 10.2. The lowest BCUT2D eigenvalue weighted by molar-refractivity contribution is 1.61. The number of nitrogen functional groups attached to an aromatic ring is 1. The summed E-state index contributed by atoms with van der Waals surface area (Å²) in [4.78, 5) is 1.30. The van der Waals surface area contributed by atoms with Crippen LogP contribution in [0.4, 0.5) is 5.69 Å². The Bertz CT molecular complexity index is 433. The first-order valence-corrected chi connectivity index (χ1v) is 5.23. The van der Waals surface area contributed by atoms with Crippen molar-refractivity contribution in [2.45, 2.75) is 6.92 Å². The minimum Gasteiger partial charge on any atom is -0.399 e. The molecule has 0 unspecified atom stereocenters. The summed E-state index contributed by atoms with van der Waals surface area (Å²) in [5.41, 5.74) is 6.51. The third-order valence-corrected chi connectivity index (χ3v) is 4.18. The predicted octanol–water partition coefficient (Wildman–Crippen LogP) is 3.55. The van der Waals surface area contributed by atoms with Crippen LogP contribution in [0, 0.1) is 6.92 Å². The number of halogens is 1. The van der Waals surface area contributed by atoms with Crippen molar-refractivity contribution in [1.29, 1.82) is 0 Å². The number of hydrogen-bond acceptors (Lipinski definition) is 2. The molecule has 0 radical (unpaired) electrons. The summed E-state index contributed by atoms with van der Waals surface area (Å²) < 4.78 is 2.46. The van der Waals surface area contributed by atoms with Gasteiger partial charge in [0.15, 0.2) is 0 Å². The first-order chi connectivity index (χ1) is 5.68. The monoisotopic (exact) mass is 241 g/mol. The number of fused-ring (bicyclic) bond motifs is 1. The number of anilines is 1. The molecule has 2 N–H and O–H groups in total. The fourth-order valence-corrected chi connectivity index (χ4v) is 2.85. The largest absolute Gasteiger partial charge is 0.399 e. The Morgan fingerprint density at radius 3 is 2.92 bits per heavy atom. The average Bonchev–Trinajstić information content (AvgIpc) is 2.31. The molecule has 0 saturated heterocycles. The zero-order valence-electron chi connectivity index (χ0n) is 6.60. The molecule has 1 nitrogen and oxygen atoms in total. The summed E-state index contributed by atoms with van der Waals surface area (Å²) in [5.74, 6) is 0. The second kappa shape index (κ2) is 2.75. The normalized spacial score (nSPS) is 10.8. The van der Waals surface area contributed by atoms with Gasteiger partial charge in [-0.15, -0.1) is 11.3 Å². The van der Waals surface area contributed by atoms with Gasteiger partial charge in [-0.2, -0.15) is 0 Å². The van der Waals surface area contributed by atoms with Crippen molar-refractivity contribution in [3.8, 4) is 0 Å². The van der Waals surface area contributed by atoms with E-state index in [2.05, 4.69) is 28.9 Å². The number of thiophene rings is 1. The second-order valence-electron chi connectivity index (χ2n) is 2.73. The van der Waals surface area contributed by atoms with Crippen LogP contribution < -0.4 is 5.73 Å². The summed E-state index contributed by atoms with van der Waals surface area (Å²) in [5, 5.41) is 1.22. The Labute approximate surface area is 83.3 Å². The third-order valence-electron chi connectivity index (χ3n) is 1.81. The molecule has 0 saturated carbocycles. The molecule has 0 bridgehead atoms. The number of hydrogen-bond donors (Lipinski definition) is 1. The number of benzene rings is 1. The average molecular weight is 242 g/mol. The molecule has 0 spiro atoms. The van der Waals surface area contributed by atoms with Gasteiger partial charge in [-0.05, 0) is 41.1 Å². The molecule has 1 aromatic heterocycles. The summed E-state index contributed by atoms with van der Waals surface area (Å²) in [6.45, 7) is 2.10. The van der Waals surface area contributed by atoms with Crippen molar-refractivity contribution in [3.05, 3.63) is 27.5 Å². The molecule has 3 heteroatoms. The molecule has 0 fully saturated rings. The van der Waals surface area contributed by atoms with Gasteiger partial charge in [0.25, 0.3) is 0 Å². The number of rotatable bonds is 0. The Hall–Kier alpha value is -0.540. The summed E-state index contributed by atoms with van der Waals surface area (Å²) in [7, 11) is 0. The molecule has 2 rings (SSSR count). The van der Waals surface area contributed by atoms with Crippen molar-refractivity contribution in [1.82, 2.24) is 0 Å². The van der Waals surface area contributed by atoms with Gasteiger partial charge >= 0.3 is 0 Å². The molecule has 12 heavy (non-hydrogen) atoms. The molecular weight excluding hydrogens is 234 g/mol. The van der Waals surface area contributed by atoms with E-state index >= 15 is 0 Å². The highest BCUT2D eigenvalue weighted by Crippen LogP contribution is 2.35. The topological polar surface area (TPSA) is 26.0 Å². The van der Waals surface area contributed by atoms with Gasteiger partial charge in [0.05, 0.1) is 0 Å². The van der Waals surface area contributed by atoms with E-state index in [9.17, 15) is 0 Å². The van der Waals surface area contributed by atoms with Gasteiger partial charge in [-0.25, -0.2) is 0 Å². The van der Waals surface area contributed by atoms with Crippen molar-refractivity contribution in [2.24, 2.45) is 0 Å². The smallest absolute Gasteiger partial charge is 0.0391 e. The molecule has 62 valence electrons. The zero-order chi connectivity index (χ0) is 8.72. The Morgan fingerprint density at radius 1 is 1.42 bits per heavy atom. The fraction of sp³-hybridized carbons (Fsp3) is 0.111. The van der Waals surface area contributed by atoms with Crippen molar-refractivity contribution >= 4 is 43.0 Å². The van der Waals surface area contributed by atoms with E-state index < -0.39 is 0 Å². The summed E-state index contributed by atoms with van der Waals surface area (Å²) in [6, 6.07) is 6.00. The van der Waals surface area contributed by atoms with Gasteiger partial charge in [0.2, 0.25) is 0 Å². The lowest BCUT2D eigenvalue weighted by Crippen LogP contribution is -1.81. The van der Waals surface area contributed by atoms with Gasteiger partial charge in [0, 0.05) is 25.1 Å². The first-order valence-electron chi connectivity index (χ1n) is 3.62. The van der Waals surface area contributed by atoms with Crippen LogP contribution in [0.3, 0.4) is 0 Å². The standard InChI is InChI=1S/C9H8BrNS/c1-5-9(10)7-4-6(11)2-3-8(7)12-5/h2-4H,11H2,1H3. The van der Waals surface area contributed by atoms with Crippen molar-refractivity contribution in [2.75, 3.05) is 5.73 Å². The minimum atomic E-state index is 0.820. The zero-order valence-corrected chi connectivity index (χ0v) is 9.00. The maximum Gasteiger partial charge on any atom is 0.0391 e. The van der Waals surface area contributed by atoms with Crippen LogP contribution in [-0.2, 0) is 0 Å². The van der Waals surface area contributed by atoms with E-state index in [1.807, 2.05) is 12.1 Å². The highest BCUT2D eigenvalue weighted by Gasteiger charge is 2.05. The van der Waals surface area contributed by atoms with Crippen LogP contribution in [0.5, 0.6) is 0 Å². The first kappa shape index (κ1) is 8.08. The second-order valence-corrected chi connectivity index (χ2v) is 4.78. The lowest BCUT2D eigenvalue weighted by Gasteiger charge is -1.92. The third kappa shape index (κ3) is 1.13. The van der Waals surface area contributed by atoms with Gasteiger partial charge < -0.3 is 5.73 Å². The predicted molar refractivity (Wildman–Crippen MR) is 58.7 cm³/mol. The number of nitrogens with two attached hydrogens (primary N) is 1. The van der Waals surface area contributed by atoms with Crippen molar-refractivity contribution in [3.63, 3.8) is 0 Å². The summed E-state index contributed by atoms with van der Waals surface area (Å²) >= 11 is 5.32. The van der Waals surface area contributed by atoms with Crippen molar-refractivity contribution < 1.29 is 0 Å². The van der Waals surface area contributed by atoms with Crippen LogP contribution in [0.15, 0.2) is 22.7 Å². The van der Waals surface area contributed by atoms with E-state index in [1.165, 1.54) is 19.4 Å². The van der Waals surface area contributed by atoms with Crippen LogP contribution in [0.25, 0.3) is 10.1 Å². The van der Waals surface area contributed by atoms with Crippen LogP contribution in [-0.4, -0.2) is 0 Å². The van der Waals surface area contributed by atoms with Crippen LogP contribution in [0.2, 0.25) is 0 Å². The molecule has 0 aliphatic heterocycles. The maximum absolute atomic E-state index is 5.69. The highest BCUT2D eigenvalue weighted by atomic mass is 79.9. The van der Waals surface area contributed by atoms with Gasteiger partial charge in [-0.1, -0.05) is 0 Å². The van der Waals surface area contributed by atoms with E-state index in [1.54, 1.807) is 11.3 Å². The Kier molecular flexibility index (Phi) is 1.85. The van der Waals surface area contributed by atoms with Crippen LogP contribution in [0.1, 0.15) is 4.88 Å². The molecule has 0 aliphatic carbocycles. The molecule has 2 aromatic rings. The van der Waals surface area contributed by atoms with E-state index in [-0.39, 0.29) is 0 Å². The van der Waals surface area contributed by atoms with Gasteiger partial charge in [-0.3, -0.25) is 0 Å². The summed E-state index contributed by atoms with van der Waals surface area (Å²) in [6.07, 6.45) is 0.